The van der Waals surface area contributed by atoms with Crippen molar-refractivity contribution in [1.29, 1.82) is 0 Å². The van der Waals surface area contributed by atoms with E-state index >= 15 is 0 Å². The van der Waals surface area contributed by atoms with Crippen molar-refractivity contribution in [3.05, 3.63) is 18.3 Å². The molecule has 0 spiro atoms. The number of nitrogens with zero attached hydrogens (tertiary/aromatic N) is 4. The number of aromatic nitrogens is 3. The number of halogens is 1. The zero-order valence-electron chi connectivity index (χ0n) is 15.9. The predicted octanol–water partition coefficient (Wildman–Crippen LogP) is 2.92. The van der Waals surface area contributed by atoms with Gasteiger partial charge in [0.05, 0.1) is 19.8 Å². The van der Waals surface area contributed by atoms with E-state index in [1.54, 1.807) is 11.1 Å². The van der Waals surface area contributed by atoms with Crippen LogP contribution < -0.4 is 5.32 Å². The summed E-state index contributed by atoms with van der Waals surface area (Å²) in [5.41, 5.74) is 1.73. The van der Waals surface area contributed by atoms with E-state index < -0.39 is 0 Å². The molecule has 1 aliphatic heterocycles. The van der Waals surface area contributed by atoms with E-state index in [1.807, 2.05) is 26.0 Å². The lowest BCUT2D eigenvalue weighted by atomic mass is 10.1. The molecule has 0 bridgehead atoms. The van der Waals surface area contributed by atoms with Crippen molar-refractivity contribution in [3.63, 3.8) is 0 Å². The zero-order valence-corrected chi connectivity index (χ0v) is 16.7. The van der Waals surface area contributed by atoms with Gasteiger partial charge in [-0.25, -0.2) is 14.8 Å². The Bertz CT molecular complexity index is 731. The molecule has 150 valence electrons. The van der Waals surface area contributed by atoms with Gasteiger partial charge in [0.25, 0.3) is 0 Å². The highest BCUT2D eigenvalue weighted by atomic mass is 35.5. The van der Waals surface area contributed by atoms with Crippen LogP contribution in [-0.2, 0) is 16.0 Å². The van der Waals surface area contributed by atoms with Crippen molar-refractivity contribution < 1.29 is 14.3 Å². The molecule has 1 saturated heterocycles. The first-order chi connectivity index (χ1) is 12.7. The van der Waals surface area contributed by atoms with Crippen LogP contribution in [0.3, 0.4) is 0 Å². The summed E-state index contributed by atoms with van der Waals surface area (Å²) < 4.78 is 12.7. The summed E-state index contributed by atoms with van der Waals surface area (Å²) in [7, 11) is 0. The standard InChI is InChI=1S/C18H27N5O3.ClH/c1-3-25-13-12-23-16-15(6-5-9-19-16)21-17(23)20-14-7-10-22(11-8-14)18(24)26-4-2;/h5-6,9,14H,3-4,7-8,10-13H2,1-2H3,(H,20,21);1H. The molecule has 8 nitrogen and oxygen atoms in total. The SMILES string of the molecule is CCOCCn1c(NC2CCN(C(=O)OCC)CC2)nc2cccnc21.Cl. The van der Waals surface area contributed by atoms with Crippen molar-refractivity contribution in [2.24, 2.45) is 0 Å². The molecule has 0 aliphatic carbocycles. The van der Waals surface area contributed by atoms with Gasteiger partial charge in [0.1, 0.15) is 5.52 Å². The van der Waals surface area contributed by atoms with Gasteiger partial charge in [-0.3, -0.25) is 4.57 Å². The lowest BCUT2D eigenvalue weighted by Gasteiger charge is -2.31. The number of nitrogens with one attached hydrogen (secondary N) is 1. The molecule has 1 amide bonds. The summed E-state index contributed by atoms with van der Waals surface area (Å²) in [6.45, 7) is 7.61. The Morgan fingerprint density at radius 3 is 2.78 bits per heavy atom. The quantitative estimate of drug-likeness (QED) is 0.723. The Morgan fingerprint density at radius 2 is 2.07 bits per heavy atom. The van der Waals surface area contributed by atoms with Gasteiger partial charge in [-0.05, 0) is 38.8 Å². The molecule has 0 unspecified atom stereocenters. The number of hydrogen-bond donors (Lipinski definition) is 1. The smallest absolute Gasteiger partial charge is 0.409 e. The van der Waals surface area contributed by atoms with Crippen LogP contribution in [0.1, 0.15) is 26.7 Å². The van der Waals surface area contributed by atoms with Gasteiger partial charge in [-0.2, -0.15) is 0 Å². The van der Waals surface area contributed by atoms with Crippen molar-refractivity contribution in [2.75, 3.05) is 38.2 Å². The van der Waals surface area contributed by atoms with Crippen molar-refractivity contribution in [1.82, 2.24) is 19.4 Å². The fourth-order valence-corrected chi connectivity index (χ4v) is 3.18. The van der Waals surface area contributed by atoms with E-state index in [9.17, 15) is 4.79 Å². The first-order valence-corrected chi connectivity index (χ1v) is 9.30. The third-order valence-electron chi connectivity index (χ3n) is 4.52. The molecule has 1 fully saturated rings. The number of carbonyl (C=O) groups is 1. The third-order valence-corrected chi connectivity index (χ3v) is 4.52. The number of carbonyl (C=O) groups excluding carboxylic acids is 1. The van der Waals surface area contributed by atoms with Crippen LogP contribution >= 0.6 is 12.4 Å². The van der Waals surface area contributed by atoms with E-state index in [1.165, 1.54) is 0 Å². The molecule has 0 radical (unpaired) electrons. The van der Waals surface area contributed by atoms with Gasteiger partial charge in [-0.15, -0.1) is 12.4 Å². The van der Waals surface area contributed by atoms with Crippen molar-refractivity contribution in [3.8, 4) is 0 Å². The number of amides is 1. The highest BCUT2D eigenvalue weighted by molar-refractivity contribution is 5.85. The number of pyridine rings is 1. The second-order valence-corrected chi connectivity index (χ2v) is 6.23. The Labute approximate surface area is 165 Å². The number of rotatable bonds is 7. The van der Waals surface area contributed by atoms with Crippen LogP contribution in [0.5, 0.6) is 0 Å². The minimum absolute atomic E-state index is 0. The predicted molar refractivity (Wildman–Crippen MR) is 107 cm³/mol. The van der Waals surface area contributed by atoms with E-state index in [0.717, 1.165) is 30.0 Å². The largest absolute Gasteiger partial charge is 0.450 e. The maximum absolute atomic E-state index is 11.8. The summed E-state index contributed by atoms with van der Waals surface area (Å²) >= 11 is 0. The molecule has 2 aromatic heterocycles. The average Bonchev–Trinajstić information content (AvgIpc) is 3.00. The fourth-order valence-electron chi connectivity index (χ4n) is 3.18. The second-order valence-electron chi connectivity index (χ2n) is 6.23. The van der Waals surface area contributed by atoms with Crippen LogP contribution in [0, 0.1) is 0 Å². The Hall–Kier alpha value is -2.06. The first kappa shape index (κ1) is 21.2. The summed E-state index contributed by atoms with van der Waals surface area (Å²) in [5.74, 6) is 0.813. The van der Waals surface area contributed by atoms with Crippen LogP contribution in [0.2, 0.25) is 0 Å². The van der Waals surface area contributed by atoms with Crippen LogP contribution in [-0.4, -0.2) is 64.5 Å². The molecule has 2 aromatic rings. The summed E-state index contributed by atoms with van der Waals surface area (Å²) in [6.07, 6.45) is 3.28. The average molecular weight is 398 g/mol. The minimum Gasteiger partial charge on any atom is -0.450 e. The molecule has 27 heavy (non-hydrogen) atoms. The Kier molecular flexibility index (Phi) is 8.12. The lowest BCUT2D eigenvalue weighted by Crippen LogP contribution is -2.43. The summed E-state index contributed by atoms with van der Waals surface area (Å²) in [6, 6.07) is 4.13. The molecule has 0 aromatic carbocycles. The normalized spacial score (nSPS) is 14.8. The van der Waals surface area contributed by atoms with E-state index in [0.29, 0.717) is 39.5 Å². The van der Waals surface area contributed by atoms with Crippen molar-refractivity contribution in [2.45, 2.75) is 39.3 Å². The fraction of sp³-hybridized carbons (Fsp3) is 0.611. The number of imidazole rings is 1. The van der Waals surface area contributed by atoms with Crippen LogP contribution in [0.25, 0.3) is 11.2 Å². The highest BCUT2D eigenvalue weighted by Gasteiger charge is 2.25. The maximum atomic E-state index is 11.8. The molecule has 1 N–H and O–H groups in total. The number of ether oxygens (including phenoxy) is 2. The number of likely N-dealkylation sites (tertiary alicyclic amines) is 1. The van der Waals surface area contributed by atoms with Crippen LogP contribution in [0.15, 0.2) is 18.3 Å². The number of hydrogen-bond acceptors (Lipinski definition) is 6. The molecule has 1 aliphatic rings. The van der Waals surface area contributed by atoms with Gasteiger partial charge in [0, 0.05) is 31.9 Å². The first-order valence-electron chi connectivity index (χ1n) is 9.30. The third kappa shape index (κ3) is 5.23. The Morgan fingerprint density at radius 1 is 1.30 bits per heavy atom. The zero-order chi connectivity index (χ0) is 18.4. The Balaban J connectivity index is 0.00000261. The summed E-state index contributed by atoms with van der Waals surface area (Å²) in [4.78, 5) is 22.8. The van der Waals surface area contributed by atoms with Gasteiger partial charge in [0.2, 0.25) is 5.95 Å². The molecule has 9 heteroatoms. The lowest BCUT2D eigenvalue weighted by molar-refractivity contribution is 0.0982. The van der Waals surface area contributed by atoms with E-state index in [-0.39, 0.29) is 24.5 Å². The topological polar surface area (TPSA) is 81.5 Å². The van der Waals surface area contributed by atoms with Gasteiger partial charge in [-0.1, -0.05) is 0 Å². The molecular formula is C18H28ClN5O3. The highest BCUT2D eigenvalue weighted by Crippen LogP contribution is 2.21. The molecular weight excluding hydrogens is 370 g/mol. The number of anilines is 1. The molecule has 3 heterocycles. The second kappa shape index (κ2) is 10.3. The van der Waals surface area contributed by atoms with Crippen LogP contribution in [0.4, 0.5) is 10.7 Å². The molecule has 0 atom stereocenters. The monoisotopic (exact) mass is 397 g/mol. The number of piperidine rings is 1. The minimum atomic E-state index is -0.223. The summed E-state index contributed by atoms with van der Waals surface area (Å²) in [5, 5.41) is 3.53. The van der Waals surface area contributed by atoms with Crippen molar-refractivity contribution >= 4 is 35.6 Å². The molecule has 0 saturated carbocycles. The maximum Gasteiger partial charge on any atom is 0.409 e. The molecule has 3 rings (SSSR count). The van der Waals surface area contributed by atoms with E-state index in [4.69, 9.17) is 14.5 Å². The number of fused-ring (bicyclic) bond motifs is 1. The van der Waals surface area contributed by atoms with Gasteiger partial charge < -0.3 is 19.7 Å². The van der Waals surface area contributed by atoms with Gasteiger partial charge >= 0.3 is 6.09 Å². The van der Waals surface area contributed by atoms with E-state index in [2.05, 4.69) is 14.9 Å². The van der Waals surface area contributed by atoms with Gasteiger partial charge in [0.15, 0.2) is 5.65 Å².